The first-order chi connectivity index (χ1) is 13.1. The van der Waals surface area contributed by atoms with Gasteiger partial charge in [0.05, 0.1) is 18.6 Å². The first kappa shape index (κ1) is 19.3. The van der Waals surface area contributed by atoms with Crippen LogP contribution in [0, 0.1) is 0 Å². The van der Waals surface area contributed by atoms with Crippen LogP contribution in [0.2, 0.25) is 0 Å². The van der Waals surface area contributed by atoms with Crippen molar-refractivity contribution in [1.29, 1.82) is 0 Å². The lowest BCUT2D eigenvalue weighted by Crippen LogP contribution is -2.37. The number of anilines is 1. The minimum absolute atomic E-state index is 0.0701. The largest absolute Gasteiger partial charge is 0.497 e. The summed E-state index contributed by atoms with van der Waals surface area (Å²) in [6.07, 6.45) is 5.04. The third-order valence-electron chi connectivity index (χ3n) is 5.56. The number of carbonyl (C=O) groups is 1. The number of amides is 1. The third-order valence-corrected chi connectivity index (χ3v) is 5.56. The van der Waals surface area contributed by atoms with Gasteiger partial charge in [-0.3, -0.25) is 4.79 Å². The van der Waals surface area contributed by atoms with E-state index in [1.165, 1.54) is 0 Å². The summed E-state index contributed by atoms with van der Waals surface area (Å²) in [5.74, 6) is 1.71. The van der Waals surface area contributed by atoms with Crippen molar-refractivity contribution < 1.29 is 14.3 Å². The molecular weight excluding hydrogens is 338 g/mol. The molecule has 2 aromatic rings. The molecule has 0 unspecified atom stereocenters. The third kappa shape index (κ3) is 4.26. The van der Waals surface area contributed by atoms with Gasteiger partial charge in [-0.25, -0.2) is 0 Å². The predicted octanol–water partition coefficient (Wildman–Crippen LogP) is 5.32. The molecule has 0 saturated heterocycles. The molecule has 1 saturated carbocycles. The summed E-state index contributed by atoms with van der Waals surface area (Å²) in [5, 5.41) is 3.12. The van der Waals surface area contributed by atoms with Gasteiger partial charge in [0.25, 0.3) is 0 Å². The van der Waals surface area contributed by atoms with E-state index in [4.69, 9.17) is 9.47 Å². The van der Waals surface area contributed by atoms with Gasteiger partial charge in [0.15, 0.2) is 0 Å². The maximum absolute atomic E-state index is 13.2. The molecule has 0 aromatic heterocycles. The molecule has 1 aliphatic carbocycles. The second-order valence-corrected chi connectivity index (χ2v) is 7.33. The highest BCUT2D eigenvalue weighted by molar-refractivity contribution is 5.99. The lowest BCUT2D eigenvalue weighted by atomic mass is 9.78. The summed E-state index contributed by atoms with van der Waals surface area (Å²) in [7, 11) is 1.65. The highest BCUT2D eigenvalue weighted by Crippen LogP contribution is 2.42. The normalized spacial score (nSPS) is 16.6. The zero-order valence-electron chi connectivity index (χ0n) is 16.5. The second-order valence-electron chi connectivity index (χ2n) is 7.33. The van der Waals surface area contributed by atoms with Crippen LogP contribution in [0.1, 0.15) is 51.5 Å². The van der Waals surface area contributed by atoms with Crippen molar-refractivity contribution in [3.05, 3.63) is 54.1 Å². The van der Waals surface area contributed by atoms with E-state index in [1.807, 2.05) is 55.5 Å². The number of hydrogen-bond donors (Lipinski definition) is 1. The molecule has 0 spiro atoms. The molecule has 0 aliphatic heterocycles. The van der Waals surface area contributed by atoms with Crippen molar-refractivity contribution >= 4 is 11.6 Å². The highest BCUT2D eigenvalue weighted by Gasteiger charge is 2.42. The smallest absolute Gasteiger partial charge is 0.235 e. The standard InChI is InChI=1S/C23H29NO3/c1-4-17(2)27-21-13-9-19(10-14-21)24-22(25)23(15-5-6-16-23)18-7-11-20(26-3)12-8-18/h7-14,17H,4-6,15-16H2,1-3H3,(H,24,25)/t17-/m1/s1. The summed E-state index contributed by atoms with van der Waals surface area (Å²) < 4.78 is 11.1. The van der Waals surface area contributed by atoms with Crippen LogP contribution in [0.3, 0.4) is 0 Å². The van der Waals surface area contributed by atoms with Crippen LogP contribution < -0.4 is 14.8 Å². The molecule has 2 aromatic carbocycles. The van der Waals surface area contributed by atoms with Gasteiger partial charge >= 0.3 is 0 Å². The van der Waals surface area contributed by atoms with Gasteiger partial charge in [-0.05, 0) is 68.1 Å². The Bertz CT molecular complexity index is 746. The summed E-state index contributed by atoms with van der Waals surface area (Å²) in [4.78, 5) is 13.2. The number of ether oxygens (including phenoxy) is 2. The number of hydrogen-bond acceptors (Lipinski definition) is 3. The Kier molecular flexibility index (Phi) is 6.04. The van der Waals surface area contributed by atoms with E-state index in [2.05, 4.69) is 12.2 Å². The molecular formula is C23H29NO3. The van der Waals surface area contributed by atoms with Crippen LogP contribution in [-0.4, -0.2) is 19.1 Å². The van der Waals surface area contributed by atoms with Crippen LogP contribution in [0.4, 0.5) is 5.69 Å². The predicted molar refractivity (Wildman–Crippen MR) is 109 cm³/mol. The van der Waals surface area contributed by atoms with Gasteiger partial charge in [-0.2, -0.15) is 0 Å². The summed E-state index contributed by atoms with van der Waals surface area (Å²) in [5.41, 5.74) is 1.41. The molecule has 4 nitrogen and oxygen atoms in total. The van der Waals surface area contributed by atoms with E-state index >= 15 is 0 Å². The topological polar surface area (TPSA) is 47.6 Å². The van der Waals surface area contributed by atoms with Gasteiger partial charge in [0.2, 0.25) is 5.91 Å². The quantitative estimate of drug-likeness (QED) is 0.720. The molecule has 0 bridgehead atoms. The molecule has 0 radical (unpaired) electrons. The number of benzene rings is 2. The number of nitrogens with one attached hydrogen (secondary N) is 1. The maximum atomic E-state index is 13.2. The van der Waals surface area contributed by atoms with Crippen LogP contribution in [0.5, 0.6) is 11.5 Å². The summed E-state index contributed by atoms with van der Waals surface area (Å²) in [6.45, 7) is 4.15. The van der Waals surface area contributed by atoms with Gasteiger partial charge < -0.3 is 14.8 Å². The van der Waals surface area contributed by atoms with Crippen LogP contribution in [0.15, 0.2) is 48.5 Å². The average Bonchev–Trinajstić information content (AvgIpc) is 3.20. The number of carbonyl (C=O) groups excluding carboxylic acids is 1. The van der Waals surface area contributed by atoms with Crippen LogP contribution >= 0.6 is 0 Å². The first-order valence-corrected chi connectivity index (χ1v) is 9.80. The number of methoxy groups -OCH3 is 1. The van der Waals surface area contributed by atoms with Gasteiger partial charge in [0, 0.05) is 5.69 Å². The Labute approximate surface area is 161 Å². The van der Waals surface area contributed by atoms with Crippen molar-refractivity contribution in [2.75, 3.05) is 12.4 Å². The van der Waals surface area contributed by atoms with E-state index in [0.29, 0.717) is 0 Å². The summed E-state index contributed by atoms with van der Waals surface area (Å²) >= 11 is 0. The van der Waals surface area contributed by atoms with Crippen molar-refractivity contribution in [2.45, 2.75) is 57.5 Å². The fraction of sp³-hybridized carbons (Fsp3) is 0.435. The Morgan fingerprint density at radius 1 is 1.04 bits per heavy atom. The van der Waals surface area contributed by atoms with Crippen molar-refractivity contribution in [2.24, 2.45) is 0 Å². The van der Waals surface area contributed by atoms with E-state index < -0.39 is 5.41 Å². The summed E-state index contributed by atoms with van der Waals surface area (Å²) in [6, 6.07) is 15.6. The molecule has 27 heavy (non-hydrogen) atoms. The van der Waals surface area contributed by atoms with Gasteiger partial charge in [-0.1, -0.05) is 31.9 Å². The Balaban J connectivity index is 1.75. The minimum Gasteiger partial charge on any atom is -0.497 e. The van der Waals surface area contributed by atoms with E-state index in [9.17, 15) is 4.79 Å². The lowest BCUT2D eigenvalue weighted by molar-refractivity contribution is -0.121. The van der Waals surface area contributed by atoms with Crippen LogP contribution in [-0.2, 0) is 10.2 Å². The molecule has 0 heterocycles. The maximum Gasteiger partial charge on any atom is 0.235 e. The molecule has 3 rings (SSSR count). The monoisotopic (exact) mass is 367 g/mol. The average molecular weight is 367 g/mol. The molecule has 1 atom stereocenters. The van der Waals surface area contributed by atoms with Crippen LogP contribution in [0.25, 0.3) is 0 Å². The SMILES string of the molecule is CC[C@@H](C)Oc1ccc(NC(=O)C2(c3ccc(OC)cc3)CCCC2)cc1. The van der Waals surface area contributed by atoms with Crippen molar-refractivity contribution in [1.82, 2.24) is 0 Å². The first-order valence-electron chi connectivity index (χ1n) is 9.80. The zero-order valence-corrected chi connectivity index (χ0v) is 16.5. The Hall–Kier alpha value is -2.49. The van der Waals surface area contributed by atoms with E-state index in [-0.39, 0.29) is 12.0 Å². The Morgan fingerprint density at radius 2 is 1.63 bits per heavy atom. The van der Waals surface area contributed by atoms with Gasteiger partial charge in [-0.15, -0.1) is 0 Å². The fourth-order valence-electron chi connectivity index (χ4n) is 3.72. The molecule has 4 heteroatoms. The van der Waals surface area contributed by atoms with E-state index in [1.54, 1.807) is 7.11 Å². The highest BCUT2D eigenvalue weighted by atomic mass is 16.5. The van der Waals surface area contributed by atoms with E-state index in [0.717, 1.165) is 54.9 Å². The molecule has 1 amide bonds. The molecule has 1 fully saturated rings. The van der Waals surface area contributed by atoms with Crippen molar-refractivity contribution in [3.8, 4) is 11.5 Å². The number of rotatable bonds is 7. The Morgan fingerprint density at radius 3 is 2.19 bits per heavy atom. The van der Waals surface area contributed by atoms with Crippen molar-refractivity contribution in [3.63, 3.8) is 0 Å². The molecule has 144 valence electrons. The van der Waals surface area contributed by atoms with Gasteiger partial charge in [0.1, 0.15) is 11.5 Å². The molecule has 1 N–H and O–H groups in total. The molecule has 1 aliphatic rings. The fourth-order valence-corrected chi connectivity index (χ4v) is 3.72. The second kappa shape index (κ2) is 8.47. The zero-order chi connectivity index (χ0) is 19.3. The lowest BCUT2D eigenvalue weighted by Gasteiger charge is -2.28. The minimum atomic E-state index is -0.460.